The van der Waals surface area contributed by atoms with E-state index in [1.165, 1.54) is 0 Å². The highest BCUT2D eigenvalue weighted by Crippen LogP contribution is 1.99. The number of nitrogens with one attached hydrogen (secondary N) is 1. The van der Waals surface area contributed by atoms with Gasteiger partial charge in [0.2, 0.25) is 5.91 Å². The molecule has 0 aromatic carbocycles. The molecule has 0 aliphatic heterocycles. The largest absolute Gasteiger partial charge is 0.356 e. The van der Waals surface area contributed by atoms with Gasteiger partial charge in [-0.25, -0.2) is 0 Å². The molecule has 0 heterocycles. The summed E-state index contributed by atoms with van der Waals surface area (Å²) in [4.78, 5) is 11.5. The van der Waals surface area contributed by atoms with Crippen LogP contribution >= 0.6 is 0 Å². The molecule has 1 N–H and O–H groups in total. The van der Waals surface area contributed by atoms with Crippen molar-refractivity contribution in [1.82, 2.24) is 5.32 Å². The summed E-state index contributed by atoms with van der Waals surface area (Å²) in [6.07, 6.45) is 18.9. The molecule has 0 atom stereocenters. The molecule has 0 fully saturated rings. The third-order valence-electron chi connectivity index (χ3n) is 3.15. The van der Waals surface area contributed by atoms with E-state index in [4.69, 9.17) is 0 Å². The minimum Gasteiger partial charge on any atom is -0.356 e. The standard InChI is InChI=1S/C23H33NO/c1-4-5-6-7-8-9-10-11-12-13-14-15-16-17-18-19-20-23(25)24-21-22(2)3/h12-13,16-19,22H,4,9-11,14-15,20-21H2,1-3H3,(H,24,25)/b13-12-,17-16+,19-18+. The molecular formula is C23H33NO. The normalized spacial score (nSPS) is 10.9. The molecule has 0 bridgehead atoms. The van der Waals surface area contributed by atoms with Crippen LogP contribution in [0.25, 0.3) is 0 Å². The van der Waals surface area contributed by atoms with E-state index in [0.29, 0.717) is 12.3 Å². The summed E-state index contributed by atoms with van der Waals surface area (Å²) in [5, 5.41) is 2.90. The summed E-state index contributed by atoms with van der Waals surface area (Å²) in [6, 6.07) is 0. The summed E-state index contributed by atoms with van der Waals surface area (Å²) in [5.41, 5.74) is 0. The molecule has 0 aliphatic rings. The monoisotopic (exact) mass is 339 g/mol. The van der Waals surface area contributed by atoms with Crippen LogP contribution in [0.1, 0.15) is 65.7 Å². The maximum atomic E-state index is 11.5. The summed E-state index contributed by atoms with van der Waals surface area (Å²) in [5.74, 6) is 12.3. The van der Waals surface area contributed by atoms with Crippen LogP contribution in [-0.4, -0.2) is 12.5 Å². The number of hydrogen-bond acceptors (Lipinski definition) is 1. The molecule has 0 spiro atoms. The number of unbranched alkanes of at least 4 members (excludes halogenated alkanes) is 3. The highest BCUT2D eigenvalue weighted by atomic mass is 16.1. The SMILES string of the molecule is CCC#CC#CCCC/C=C\CC/C=C/C=C/CC(=O)NCC(C)C. The van der Waals surface area contributed by atoms with Crippen molar-refractivity contribution in [2.45, 2.75) is 65.7 Å². The molecule has 0 aromatic rings. The maximum Gasteiger partial charge on any atom is 0.223 e. The summed E-state index contributed by atoms with van der Waals surface area (Å²) in [7, 11) is 0. The zero-order valence-electron chi connectivity index (χ0n) is 16.1. The molecule has 0 saturated heterocycles. The van der Waals surface area contributed by atoms with Crippen LogP contribution in [0.5, 0.6) is 0 Å². The number of carbonyl (C=O) groups is 1. The molecule has 0 aromatic heterocycles. The van der Waals surface area contributed by atoms with Crippen molar-refractivity contribution in [3.8, 4) is 23.7 Å². The minimum atomic E-state index is 0.0865. The van der Waals surface area contributed by atoms with E-state index in [-0.39, 0.29) is 5.91 Å². The number of allylic oxidation sites excluding steroid dienone is 5. The topological polar surface area (TPSA) is 29.1 Å². The lowest BCUT2D eigenvalue weighted by atomic mass is 10.2. The van der Waals surface area contributed by atoms with Gasteiger partial charge in [-0.1, -0.05) is 69.1 Å². The molecule has 0 aliphatic carbocycles. The number of amides is 1. The van der Waals surface area contributed by atoms with Gasteiger partial charge < -0.3 is 5.32 Å². The van der Waals surface area contributed by atoms with E-state index < -0.39 is 0 Å². The van der Waals surface area contributed by atoms with Crippen molar-refractivity contribution in [2.75, 3.05) is 6.54 Å². The Morgan fingerprint density at radius 3 is 2.40 bits per heavy atom. The number of rotatable bonds is 11. The molecule has 2 nitrogen and oxygen atoms in total. The second-order valence-electron chi connectivity index (χ2n) is 6.16. The molecule has 136 valence electrons. The van der Waals surface area contributed by atoms with Crippen molar-refractivity contribution in [2.24, 2.45) is 5.92 Å². The third-order valence-corrected chi connectivity index (χ3v) is 3.15. The van der Waals surface area contributed by atoms with Gasteiger partial charge in [0.25, 0.3) is 0 Å². The van der Waals surface area contributed by atoms with Crippen molar-refractivity contribution < 1.29 is 4.79 Å². The summed E-state index contributed by atoms with van der Waals surface area (Å²) in [6.45, 7) is 6.95. The minimum absolute atomic E-state index is 0.0865. The van der Waals surface area contributed by atoms with Crippen LogP contribution < -0.4 is 5.32 Å². The zero-order chi connectivity index (χ0) is 18.6. The Morgan fingerprint density at radius 2 is 1.64 bits per heavy atom. The van der Waals surface area contributed by atoms with Crippen LogP contribution in [0, 0.1) is 29.6 Å². The molecule has 2 heteroatoms. The first-order valence-electron chi connectivity index (χ1n) is 9.35. The Morgan fingerprint density at radius 1 is 0.960 bits per heavy atom. The number of hydrogen-bond donors (Lipinski definition) is 1. The lowest BCUT2D eigenvalue weighted by molar-refractivity contribution is -0.120. The molecular weight excluding hydrogens is 306 g/mol. The summed E-state index contributed by atoms with van der Waals surface area (Å²) >= 11 is 0. The fourth-order valence-corrected chi connectivity index (χ4v) is 1.79. The fourth-order valence-electron chi connectivity index (χ4n) is 1.79. The first-order chi connectivity index (χ1) is 12.2. The van der Waals surface area contributed by atoms with Gasteiger partial charge in [-0.3, -0.25) is 4.79 Å². The molecule has 0 radical (unpaired) electrons. The van der Waals surface area contributed by atoms with Crippen LogP contribution in [0.4, 0.5) is 0 Å². The number of carbonyl (C=O) groups excluding carboxylic acids is 1. The lowest BCUT2D eigenvalue weighted by Gasteiger charge is -2.05. The second-order valence-corrected chi connectivity index (χ2v) is 6.16. The predicted octanol–water partition coefficient (Wildman–Crippen LogP) is 5.18. The van der Waals surface area contributed by atoms with E-state index in [2.05, 4.69) is 61.1 Å². The van der Waals surface area contributed by atoms with Gasteiger partial charge >= 0.3 is 0 Å². The lowest BCUT2D eigenvalue weighted by Crippen LogP contribution is -2.26. The zero-order valence-corrected chi connectivity index (χ0v) is 16.1. The smallest absolute Gasteiger partial charge is 0.223 e. The summed E-state index contributed by atoms with van der Waals surface area (Å²) < 4.78 is 0. The second kappa shape index (κ2) is 18.2. The highest BCUT2D eigenvalue weighted by Gasteiger charge is 1.98. The molecule has 0 rings (SSSR count). The van der Waals surface area contributed by atoms with Crippen LogP contribution in [0.15, 0.2) is 36.5 Å². The Labute approximate surface area is 154 Å². The third kappa shape index (κ3) is 19.8. The van der Waals surface area contributed by atoms with E-state index in [9.17, 15) is 4.79 Å². The molecule has 25 heavy (non-hydrogen) atoms. The Kier molecular flexibility index (Phi) is 16.6. The van der Waals surface area contributed by atoms with Crippen molar-refractivity contribution in [1.29, 1.82) is 0 Å². The van der Waals surface area contributed by atoms with Gasteiger partial charge in [0, 0.05) is 25.8 Å². The van der Waals surface area contributed by atoms with E-state index in [1.54, 1.807) is 0 Å². The maximum absolute atomic E-state index is 11.5. The average Bonchev–Trinajstić information content (AvgIpc) is 2.59. The Hall–Kier alpha value is -2.19. The average molecular weight is 340 g/mol. The Balaban J connectivity index is 3.57. The molecule has 1 amide bonds. The van der Waals surface area contributed by atoms with Crippen molar-refractivity contribution in [3.05, 3.63) is 36.5 Å². The highest BCUT2D eigenvalue weighted by molar-refractivity contribution is 5.77. The van der Waals surface area contributed by atoms with Crippen LogP contribution in [0.3, 0.4) is 0 Å². The quantitative estimate of drug-likeness (QED) is 0.239. The first-order valence-corrected chi connectivity index (χ1v) is 9.35. The van der Waals surface area contributed by atoms with Crippen molar-refractivity contribution in [3.63, 3.8) is 0 Å². The van der Waals surface area contributed by atoms with Crippen LogP contribution in [0.2, 0.25) is 0 Å². The van der Waals surface area contributed by atoms with E-state index >= 15 is 0 Å². The first kappa shape index (κ1) is 22.8. The van der Waals surface area contributed by atoms with E-state index in [1.807, 2.05) is 25.2 Å². The van der Waals surface area contributed by atoms with Gasteiger partial charge in [-0.15, -0.1) is 0 Å². The van der Waals surface area contributed by atoms with Gasteiger partial charge in [0.15, 0.2) is 0 Å². The van der Waals surface area contributed by atoms with Gasteiger partial charge in [-0.2, -0.15) is 0 Å². The van der Waals surface area contributed by atoms with E-state index in [0.717, 1.165) is 45.1 Å². The predicted molar refractivity (Wildman–Crippen MR) is 109 cm³/mol. The van der Waals surface area contributed by atoms with Gasteiger partial charge in [0.05, 0.1) is 0 Å². The van der Waals surface area contributed by atoms with Crippen molar-refractivity contribution >= 4 is 5.91 Å². The van der Waals surface area contributed by atoms with Crippen LogP contribution in [-0.2, 0) is 4.79 Å². The van der Waals surface area contributed by atoms with Gasteiger partial charge in [-0.05, 0) is 43.4 Å². The van der Waals surface area contributed by atoms with Gasteiger partial charge in [0.1, 0.15) is 0 Å². The fraction of sp³-hybridized carbons (Fsp3) is 0.522. The Bertz CT molecular complexity index is 544. The molecule has 0 saturated carbocycles. The molecule has 0 unspecified atom stereocenters.